The van der Waals surface area contributed by atoms with Crippen LogP contribution in [-0.2, 0) is 0 Å². The summed E-state index contributed by atoms with van der Waals surface area (Å²) in [4.78, 5) is 2.32. The van der Waals surface area contributed by atoms with Gasteiger partial charge in [0.1, 0.15) is 0 Å². The van der Waals surface area contributed by atoms with Gasteiger partial charge in [-0.15, -0.1) is 0 Å². The minimum absolute atomic E-state index is 0.283. The maximum atomic E-state index is 8.78. The number of aliphatic hydroxyl groups excluding tert-OH is 1. The van der Waals surface area contributed by atoms with E-state index in [9.17, 15) is 0 Å². The lowest BCUT2D eigenvalue weighted by molar-refractivity contribution is 0.126. The summed E-state index contributed by atoms with van der Waals surface area (Å²) < 4.78 is 0. The van der Waals surface area contributed by atoms with Gasteiger partial charge in [0.05, 0.1) is 6.61 Å². The van der Waals surface area contributed by atoms with Crippen LogP contribution in [0.15, 0.2) is 0 Å². The average Bonchev–Trinajstić information content (AvgIpc) is 2.24. The molecule has 0 aromatic carbocycles. The molecule has 1 rings (SSSR count). The molecule has 3 nitrogen and oxygen atoms in total. The first kappa shape index (κ1) is 13.9. The van der Waals surface area contributed by atoms with Crippen LogP contribution in [0.2, 0.25) is 0 Å². The van der Waals surface area contributed by atoms with Crippen LogP contribution in [-0.4, -0.2) is 49.3 Å². The van der Waals surface area contributed by atoms with Gasteiger partial charge in [-0.3, -0.25) is 4.90 Å². The maximum absolute atomic E-state index is 8.78. The first-order valence-electron chi connectivity index (χ1n) is 5.78. The van der Waals surface area contributed by atoms with Gasteiger partial charge in [0.2, 0.25) is 0 Å². The van der Waals surface area contributed by atoms with Crippen molar-refractivity contribution in [2.24, 2.45) is 5.92 Å². The Morgan fingerprint density at radius 2 is 2.07 bits per heavy atom. The van der Waals surface area contributed by atoms with E-state index in [4.69, 9.17) is 5.11 Å². The Morgan fingerprint density at radius 1 is 1.43 bits per heavy atom. The molecule has 0 saturated carbocycles. The van der Waals surface area contributed by atoms with Crippen LogP contribution >= 0.6 is 0 Å². The average molecular weight is 202 g/mol. The van der Waals surface area contributed by atoms with Crippen molar-refractivity contribution in [1.82, 2.24) is 10.2 Å². The molecule has 86 valence electrons. The Labute approximate surface area is 88.5 Å². The monoisotopic (exact) mass is 202 g/mol. The van der Waals surface area contributed by atoms with Crippen molar-refractivity contribution < 1.29 is 5.11 Å². The van der Waals surface area contributed by atoms with Crippen LogP contribution in [0, 0.1) is 5.92 Å². The van der Waals surface area contributed by atoms with Gasteiger partial charge in [-0.05, 0) is 25.9 Å². The molecule has 1 saturated heterocycles. The van der Waals surface area contributed by atoms with E-state index in [1.54, 1.807) is 0 Å². The molecule has 1 aliphatic rings. The molecule has 1 fully saturated rings. The number of nitrogens with zero attached hydrogens (tertiary/aromatic N) is 1. The van der Waals surface area contributed by atoms with Gasteiger partial charge < -0.3 is 10.4 Å². The zero-order valence-electron chi connectivity index (χ0n) is 10.1. The number of β-amino-alcohol motifs (C(OH)–C–C–N with tert-alkyl or cyclic N) is 1. The second kappa shape index (κ2) is 8.21. The van der Waals surface area contributed by atoms with E-state index in [-0.39, 0.29) is 6.61 Å². The van der Waals surface area contributed by atoms with Gasteiger partial charge in [-0.1, -0.05) is 20.8 Å². The summed E-state index contributed by atoms with van der Waals surface area (Å²) in [5.41, 5.74) is 0. The number of nitrogens with one attached hydrogen (secondary N) is 1. The third kappa shape index (κ3) is 4.40. The van der Waals surface area contributed by atoms with Crippen LogP contribution in [0.25, 0.3) is 0 Å². The lowest BCUT2D eigenvalue weighted by Gasteiger charge is -2.36. The van der Waals surface area contributed by atoms with Crippen molar-refractivity contribution in [3.05, 3.63) is 0 Å². The topological polar surface area (TPSA) is 35.5 Å². The molecule has 0 bridgehead atoms. The van der Waals surface area contributed by atoms with Crippen LogP contribution in [0.4, 0.5) is 0 Å². The molecular formula is C11H26N2O. The Kier molecular flexibility index (Phi) is 8.14. The first-order chi connectivity index (χ1) is 6.77. The van der Waals surface area contributed by atoms with Crippen molar-refractivity contribution in [1.29, 1.82) is 0 Å². The van der Waals surface area contributed by atoms with E-state index in [1.165, 1.54) is 6.42 Å². The van der Waals surface area contributed by atoms with Crippen molar-refractivity contribution in [2.75, 3.05) is 33.3 Å². The summed E-state index contributed by atoms with van der Waals surface area (Å²) in [5.74, 6) is 0.768. The quantitative estimate of drug-likeness (QED) is 0.715. The number of aliphatic hydroxyl groups is 1. The number of likely N-dealkylation sites (tertiary alicyclic amines) is 1. The standard InChI is InChI=1S/C9H20N2O.C2H6/c1-8-3-4-11(5-6-12)7-9(8)10-2;1-2/h8-10,12H,3-7H2,1-2H3;1-2H3. The van der Waals surface area contributed by atoms with Gasteiger partial charge in [-0.2, -0.15) is 0 Å². The second-order valence-electron chi connectivity index (χ2n) is 3.69. The Balaban J connectivity index is 0.000000791. The molecule has 3 heteroatoms. The highest BCUT2D eigenvalue weighted by Crippen LogP contribution is 2.16. The summed E-state index contributed by atoms with van der Waals surface area (Å²) in [5, 5.41) is 12.1. The van der Waals surface area contributed by atoms with Crippen LogP contribution in [0.5, 0.6) is 0 Å². The number of hydrogen-bond donors (Lipinski definition) is 2. The second-order valence-corrected chi connectivity index (χ2v) is 3.69. The van der Waals surface area contributed by atoms with Gasteiger partial charge in [0.25, 0.3) is 0 Å². The molecule has 0 spiro atoms. The van der Waals surface area contributed by atoms with Gasteiger partial charge in [-0.25, -0.2) is 0 Å². The zero-order valence-corrected chi connectivity index (χ0v) is 10.1. The number of piperidine rings is 1. The van der Waals surface area contributed by atoms with Crippen LogP contribution in [0.3, 0.4) is 0 Å². The molecule has 0 aliphatic carbocycles. The lowest BCUT2D eigenvalue weighted by Crippen LogP contribution is -2.49. The smallest absolute Gasteiger partial charge is 0.0558 e. The largest absolute Gasteiger partial charge is 0.395 e. The van der Waals surface area contributed by atoms with Crippen molar-refractivity contribution in [3.8, 4) is 0 Å². The fourth-order valence-electron chi connectivity index (χ4n) is 1.86. The van der Waals surface area contributed by atoms with E-state index < -0.39 is 0 Å². The molecule has 2 atom stereocenters. The van der Waals surface area contributed by atoms with Crippen molar-refractivity contribution in [2.45, 2.75) is 33.2 Å². The third-order valence-electron chi connectivity index (χ3n) is 2.83. The van der Waals surface area contributed by atoms with E-state index in [0.29, 0.717) is 6.04 Å². The number of likely N-dealkylation sites (N-methyl/N-ethyl adjacent to an activating group) is 1. The highest BCUT2D eigenvalue weighted by Gasteiger charge is 2.23. The molecule has 1 aliphatic heterocycles. The van der Waals surface area contributed by atoms with E-state index >= 15 is 0 Å². The Bertz CT molecular complexity index is 130. The summed E-state index contributed by atoms with van der Waals surface area (Å²) in [6.45, 7) is 9.62. The Hall–Kier alpha value is -0.120. The minimum atomic E-state index is 0.283. The highest BCUT2D eigenvalue weighted by molar-refractivity contribution is 4.81. The lowest BCUT2D eigenvalue weighted by atomic mass is 9.94. The first-order valence-corrected chi connectivity index (χ1v) is 5.78. The molecule has 0 aromatic heterocycles. The fourth-order valence-corrected chi connectivity index (χ4v) is 1.86. The van der Waals surface area contributed by atoms with Crippen molar-refractivity contribution in [3.63, 3.8) is 0 Å². The SMILES string of the molecule is CC.CNC1CN(CCO)CCC1C. The summed E-state index contributed by atoms with van der Waals surface area (Å²) in [6.07, 6.45) is 1.24. The fraction of sp³-hybridized carbons (Fsp3) is 1.00. The van der Waals surface area contributed by atoms with E-state index in [0.717, 1.165) is 25.6 Å². The highest BCUT2D eigenvalue weighted by atomic mass is 16.3. The normalized spacial score (nSPS) is 28.1. The molecule has 2 unspecified atom stereocenters. The molecule has 0 radical (unpaired) electrons. The summed E-state index contributed by atoms with van der Waals surface area (Å²) in [6, 6.07) is 0.602. The van der Waals surface area contributed by atoms with E-state index in [1.807, 2.05) is 20.9 Å². The predicted octanol–water partition coefficient (Wildman–Crippen LogP) is 0.935. The number of rotatable bonds is 3. The van der Waals surface area contributed by atoms with E-state index in [2.05, 4.69) is 17.1 Å². The molecule has 1 heterocycles. The molecule has 0 amide bonds. The van der Waals surface area contributed by atoms with Crippen LogP contribution in [0.1, 0.15) is 27.2 Å². The van der Waals surface area contributed by atoms with Gasteiger partial charge >= 0.3 is 0 Å². The zero-order chi connectivity index (χ0) is 11.0. The predicted molar refractivity (Wildman–Crippen MR) is 61.5 cm³/mol. The minimum Gasteiger partial charge on any atom is -0.395 e. The molecule has 14 heavy (non-hydrogen) atoms. The van der Waals surface area contributed by atoms with Crippen molar-refractivity contribution >= 4 is 0 Å². The van der Waals surface area contributed by atoms with Crippen LogP contribution < -0.4 is 5.32 Å². The summed E-state index contributed by atoms with van der Waals surface area (Å²) in [7, 11) is 2.02. The molecular weight excluding hydrogens is 176 g/mol. The molecule has 0 aromatic rings. The number of hydrogen-bond acceptors (Lipinski definition) is 3. The third-order valence-corrected chi connectivity index (χ3v) is 2.83. The van der Waals surface area contributed by atoms with Gasteiger partial charge in [0, 0.05) is 19.1 Å². The summed E-state index contributed by atoms with van der Waals surface area (Å²) >= 11 is 0. The molecule has 2 N–H and O–H groups in total. The van der Waals surface area contributed by atoms with Gasteiger partial charge in [0.15, 0.2) is 0 Å². The maximum Gasteiger partial charge on any atom is 0.0558 e. The Morgan fingerprint density at radius 3 is 2.57 bits per heavy atom.